The second kappa shape index (κ2) is 9.68. The summed E-state index contributed by atoms with van der Waals surface area (Å²) in [6.07, 6.45) is 4.39. The summed E-state index contributed by atoms with van der Waals surface area (Å²) < 4.78 is 45.2. The summed E-state index contributed by atoms with van der Waals surface area (Å²) >= 11 is 0. The van der Waals surface area contributed by atoms with E-state index in [0.717, 1.165) is 22.6 Å². The van der Waals surface area contributed by atoms with Gasteiger partial charge in [-0.3, -0.25) is 9.11 Å². The van der Waals surface area contributed by atoms with Crippen molar-refractivity contribution in [1.82, 2.24) is 0 Å². The lowest BCUT2D eigenvalue weighted by atomic mass is 9.98. The van der Waals surface area contributed by atoms with Crippen LogP contribution in [-0.2, 0) is 17.4 Å². The van der Waals surface area contributed by atoms with E-state index in [4.69, 9.17) is 27.0 Å². The maximum absolute atomic E-state index is 8.74. The van der Waals surface area contributed by atoms with E-state index in [1.54, 1.807) is 7.11 Å². The van der Waals surface area contributed by atoms with Gasteiger partial charge in [0.15, 0.2) is 12.4 Å². The Morgan fingerprint density at radius 1 is 1.07 bits per heavy atom. The Labute approximate surface area is 161 Å². The van der Waals surface area contributed by atoms with E-state index in [0.29, 0.717) is 5.92 Å². The van der Waals surface area contributed by atoms with Gasteiger partial charge in [-0.2, -0.15) is 8.42 Å². The molecule has 0 bridgehead atoms. The molecule has 0 fully saturated rings. The van der Waals surface area contributed by atoms with Crippen molar-refractivity contribution in [2.75, 3.05) is 7.11 Å². The van der Waals surface area contributed by atoms with Crippen LogP contribution in [0.25, 0.3) is 11.1 Å². The number of rotatable bonds is 5. The maximum Gasteiger partial charge on any atom is 0.394 e. The SMILES string of the molecule is COc1c(-c2cccc(OC(C)C)c2)c[n+](C)cc1C(C)C.O=S(=O)(O)O. The van der Waals surface area contributed by atoms with Crippen LogP contribution in [-0.4, -0.2) is 30.7 Å². The molecule has 1 aromatic heterocycles. The van der Waals surface area contributed by atoms with Crippen LogP contribution in [0.1, 0.15) is 39.2 Å². The Bertz CT molecular complexity index is 854. The number of methoxy groups -OCH3 is 1. The van der Waals surface area contributed by atoms with Crippen LogP contribution in [0.4, 0.5) is 0 Å². The van der Waals surface area contributed by atoms with Crippen molar-refractivity contribution >= 4 is 10.4 Å². The van der Waals surface area contributed by atoms with Gasteiger partial charge in [-0.1, -0.05) is 26.0 Å². The Morgan fingerprint density at radius 3 is 2.15 bits per heavy atom. The molecule has 0 atom stereocenters. The van der Waals surface area contributed by atoms with Crippen molar-refractivity contribution in [2.45, 2.75) is 39.7 Å². The highest BCUT2D eigenvalue weighted by atomic mass is 32.3. The molecule has 0 radical (unpaired) electrons. The average molecular weight is 399 g/mol. The molecule has 0 saturated carbocycles. The molecule has 0 spiro atoms. The molecule has 150 valence electrons. The van der Waals surface area contributed by atoms with Crippen LogP contribution < -0.4 is 14.0 Å². The van der Waals surface area contributed by atoms with Gasteiger partial charge in [-0.15, -0.1) is 0 Å². The molecular formula is C19H28NO6S+. The molecule has 7 nitrogen and oxygen atoms in total. The van der Waals surface area contributed by atoms with Crippen molar-refractivity contribution in [2.24, 2.45) is 7.05 Å². The van der Waals surface area contributed by atoms with Crippen molar-refractivity contribution in [1.29, 1.82) is 0 Å². The third-order valence-electron chi connectivity index (χ3n) is 3.53. The number of ether oxygens (including phenoxy) is 2. The maximum atomic E-state index is 8.74. The third-order valence-corrected chi connectivity index (χ3v) is 3.53. The van der Waals surface area contributed by atoms with Crippen LogP contribution in [0, 0.1) is 0 Å². The zero-order valence-electron chi connectivity index (χ0n) is 16.5. The molecule has 2 rings (SSSR count). The predicted molar refractivity (Wildman–Crippen MR) is 104 cm³/mol. The summed E-state index contributed by atoms with van der Waals surface area (Å²) in [5.74, 6) is 2.22. The van der Waals surface area contributed by atoms with E-state index in [-0.39, 0.29) is 6.10 Å². The highest BCUT2D eigenvalue weighted by molar-refractivity contribution is 7.79. The fraction of sp³-hybridized carbons (Fsp3) is 0.421. The van der Waals surface area contributed by atoms with Crippen molar-refractivity contribution in [3.8, 4) is 22.6 Å². The van der Waals surface area contributed by atoms with Gasteiger partial charge in [0.1, 0.15) is 18.5 Å². The first-order chi connectivity index (χ1) is 12.4. The minimum atomic E-state index is -4.67. The lowest BCUT2D eigenvalue weighted by molar-refractivity contribution is -0.671. The molecule has 2 aromatic rings. The van der Waals surface area contributed by atoms with Crippen molar-refractivity contribution < 1.29 is 31.6 Å². The van der Waals surface area contributed by atoms with E-state index in [1.165, 1.54) is 5.56 Å². The van der Waals surface area contributed by atoms with Crippen LogP contribution >= 0.6 is 0 Å². The van der Waals surface area contributed by atoms with E-state index < -0.39 is 10.4 Å². The standard InChI is InChI=1S/C19H26NO2.H2O4S/c1-13(2)17-11-20(5)12-18(19(17)21-6)15-8-7-9-16(10-15)22-14(3)4;1-5(2,3)4/h7-14H,1-6H3;(H2,1,2,3,4)/q+1;. The van der Waals surface area contributed by atoms with Gasteiger partial charge in [0, 0.05) is 0 Å². The average Bonchev–Trinajstić information content (AvgIpc) is 2.52. The van der Waals surface area contributed by atoms with E-state index in [9.17, 15) is 0 Å². The predicted octanol–water partition coefficient (Wildman–Crippen LogP) is 3.44. The zero-order valence-corrected chi connectivity index (χ0v) is 17.3. The summed E-state index contributed by atoms with van der Waals surface area (Å²) in [7, 11) is -0.886. The largest absolute Gasteiger partial charge is 0.495 e. The highest BCUT2D eigenvalue weighted by Gasteiger charge is 2.19. The molecule has 0 aliphatic rings. The van der Waals surface area contributed by atoms with Crippen molar-refractivity contribution in [3.63, 3.8) is 0 Å². The first kappa shape index (κ1) is 22.9. The van der Waals surface area contributed by atoms with E-state index in [2.05, 4.69) is 42.9 Å². The number of aryl methyl sites for hydroxylation is 1. The fourth-order valence-electron chi connectivity index (χ4n) is 2.59. The third kappa shape index (κ3) is 7.94. The van der Waals surface area contributed by atoms with Crippen LogP contribution in [0.5, 0.6) is 11.5 Å². The van der Waals surface area contributed by atoms with Gasteiger partial charge >= 0.3 is 10.4 Å². The lowest BCUT2D eigenvalue weighted by Gasteiger charge is -2.15. The van der Waals surface area contributed by atoms with Crippen LogP contribution in [0.15, 0.2) is 36.7 Å². The molecule has 2 N–H and O–H groups in total. The molecular weight excluding hydrogens is 370 g/mol. The number of hydrogen-bond donors (Lipinski definition) is 2. The smallest absolute Gasteiger partial charge is 0.394 e. The second-order valence-electron chi connectivity index (χ2n) is 6.62. The minimum Gasteiger partial charge on any atom is -0.495 e. The molecule has 0 amide bonds. The quantitative estimate of drug-likeness (QED) is 0.591. The van der Waals surface area contributed by atoms with E-state index in [1.807, 2.05) is 33.0 Å². The van der Waals surface area contributed by atoms with E-state index >= 15 is 0 Å². The van der Waals surface area contributed by atoms with Crippen LogP contribution in [0.2, 0.25) is 0 Å². The molecule has 0 saturated heterocycles. The first-order valence-electron chi connectivity index (χ1n) is 8.46. The molecule has 1 aromatic carbocycles. The normalized spacial score (nSPS) is 11.2. The second-order valence-corrected chi connectivity index (χ2v) is 7.52. The zero-order chi connectivity index (χ0) is 20.8. The van der Waals surface area contributed by atoms with Gasteiger partial charge in [0.25, 0.3) is 0 Å². The number of aromatic nitrogens is 1. The number of hydrogen-bond acceptors (Lipinski definition) is 4. The lowest BCUT2D eigenvalue weighted by Crippen LogP contribution is -2.28. The molecule has 0 aliphatic heterocycles. The first-order valence-corrected chi connectivity index (χ1v) is 9.86. The summed E-state index contributed by atoms with van der Waals surface area (Å²) in [5, 5.41) is 0. The topological polar surface area (TPSA) is 96.9 Å². The monoisotopic (exact) mass is 398 g/mol. The molecule has 0 aliphatic carbocycles. The summed E-state index contributed by atoms with van der Waals surface area (Å²) in [6.45, 7) is 8.43. The highest BCUT2D eigenvalue weighted by Crippen LogP contribution is 2.36. The van der Waals surface area contributed by atoms with Gasteiger partial charge in [0.2, 0.25) is 0 Å². The van der Waals surface area contributed by atoms with Crippen molar-refractivity contribution in [3.05, 3.63) is 42.2 Å². The van der Waals surface area contributed by atoms with Crippen LogP contribution in [0.3, 0.4) is 0 Å². The number of benzene rings is 1. The molecule has 8 heteroatoms. The van der Waals surface area contributed by atoms with Gasteiger partial charge < -0.3 is 9.47 Å². The Hall–Kier alpha value is -2.16. The summed E-state index contributed by atoms with van der Waals surface area (Å²) in [6, 6.07) is 8.17. The minimum absolute atomic E-state index is 0.162. The number of nitrogens with zero attached hydrogens (tertiary/aromatic N) is 1. The molecule has 0 unspecified atom stereocenters. The fourth-order valence-corrected chi connectivity index (χ4v) is 2.59. The molecule has 27 heavy (non-hydrogen) atoms. The number of pyridine rings is 1. The summed E-state index contributed by atoms with van der Waals surface area (Å²) in [4.78, 5) is 0. The Kier molecular flexibility index (Phi) is 8.20. The Balaban J connectivity index is 0.000000646. The Morgan fingerprint density at radius 2 is 1.67 bits per heavy atom. The van der Waals surface area contributed by atoms with Gasteiger partial charge in [-0.25, -0.2) is 4.57 Å². The molecule has 1 heterocycles. The van der Waals surface area contributed by atoms with Gasteiger partial charge in [0.05, 0.1) is 24.3 Å². The van der Waals surface area contributed by atoms with Gasteiger partial charge in [-0.05, 0) is 37.5 Å². The summed E-state index contributed by atoms with van der Waals surface area (Å²) in [5.41, 5.74) is 3.40.